The van der Waals surface area contributed by atoms with E-state index in [0.717, 1.165) is 0 Å². The van der Waals surface area contributed by atoms with Gasteiger partial charge in [0.15, 0.2) is 12.4 Å². The standard InChI is InChI=1S/C17H16FNO4/c1-11(20)15-7-6-14(22-2)9-16(15)23-10-17(21)19-13-5-3-4-12(18)8-13/h3-9H,10H2,1-2H3,(H,19,21). The van der Waals surface area contributed by atoms with Crippen molar-refractivity contribution >= 4 is 17.4 Å². The van der Waals surface area contributed by atoms with Crippen LogP contribution < -0.4 is 14.8 Å². The molecule has 0 aliphatic rings. The maximum atomic E-state index is 13.1. The van der Waals surface area contributed by atoms with Gasteiger partial charge in [-0.3, -0.25) is 9.59 Å². The minimum atomic E-state index is -0.465. The number of hydrogen-bond donors (Lipinski definition) is 1. The molecular weight excluding hydrogens is 301 g/mol. The van der Waals surface area contributed by atoms with E-state index in [9.17, 15) is 14.0 Å². The van der Waals surface area contributed by atoms with Gasteiger partial charge in [-0.2, -0.15) is 0 Å². The molecule has 23 heavy (non-hydrogen) atoms. The number of halogens is 1. The molecule has 0 bridgehead atoms. The van der Waals surface area contributed by atoms with Crippen molar-refractivity contribution in [3.8, 4) is 11.5 Å². The zero-order chi connectivity index (χ0) is 16.8. The lowest BCUT2D eigenvalue weighted by molar-refractivity contribution is -0.118. The topological polar surface area (TPSA) is 64.6 Å². The molecule has 0 aliphatic heterocycles. The van der Waals surface area contributed by atoms with Crippen molar-refractivity contribution in [1.29, 1.82) is 0 Å². The Hall–Kier alpha value is -2.89. The molecule has 0 heterocycles. The Morgan fingerprint density at radius 1 is 1.17 bits per heavy atom. The SMILES string of the molecule is COc1ccc(C(C)=O)c(OCC(=O)Nc2cccc(F)c2)c1. The van der Waals surface area contributed by atoms with Crippen molar-refractivity contribution < 1.29 is 23.5 Å². The van der Waals surface area contributed by atoms with Crippen molar-refractivity contribution in [2.24, 2.45) is 0 Å². The fraction of sp³-hybridized carbons (Fsp3) is 0.176. The Bertz CT molecular complexity index is 730. The van der Waals surface area contributed by atoms with E-state index in [1.165, 1.54) is 38.3 Å². The molecule has 0 spiro atoms. The Morgan fingerprint density at radius 3 is 2.61 bits per heavy atom. The molecule has 0 fully saturated rings. The highest BCUT2D eigenvalue weighted by molar-refractivity contribution is 5.97. The van der Waals surface area contributed by atoms with Gasteiger partial charge in [0.25, 0.3) is 5.91 Å². The number of benzene rings is 2. The van der Waals surface area contributed by atoms with Crippen LogP contribution in [0.15, 0.2) is 42.5 Å². The molecule has 0 radical (unpaired) electrons. The van der Waals surface area contributed by atoms with Crippen molar-refractivity contribution in [1.82, 2.24) is 0 Å². The predicted molar refractivity (Wildman–Crippen MR) is 83.5 cm³/mol. The molecule has 0 saturated carbocycles. The highest BCUT2D eigenvalue weighted by Crippen LogP contribution is 2.25. The minimum Gasteiger partial charge on any atom is -0.497 e. The number of ketones is 1. The number of amides is 1. The number of anilines is 1. The number of carbonyl (C=O) groups is 2. The number of hydrogen-bond acceptors (Lipinski definition) is 4. The smallest absolute Gasteiger partial charge is 0.262 e. The Kier molecular flexibility index (Phi) is 5.30. The molecule has 1 N–H and O–H groups in total. The van der Waals surface area contributed by atoms with Crippen LogP contribution in [0, 0.1) is 5.82 Å². The summed E-state index contributed by atoms with van der Waals surface area (Å²) in [7, 11) is 1.49. The van der Waals surface area contributed by atoms with Crippen LogP contribution in [0.3, 0.4) is 0 Å². The molecule has 2 rings (SSSR count). The van der Waals surface area contributed by atoms with E-state index in [1.54, 1.807) is 18.2 Å². The first-order valence-corrected chi connectivity index (χ1v) is 6.87. The van der Waals surface area contributed by atoms with Gasteiger partial charge in [0.2, 0.25) is 0 Å². The maximum absolute atomic E-state index is 13.1. The summed E-state index contributed by atoms with van der Waals surface area (Å²) in [6, 6.07) is 10.3. The first kappa shape index (κ1) is 16.5. The van der Waals surface area contributed by atoms with Gasteiger partial charge >= 0.3 is 0 Å². The van der Waals surface area contributed by atoms with Crippen molar-refractivity contribution in [2.45, 2.75) is 6.92 Å². The van der Waals surface area contributed by atoms with Crippen LogP contribution in [0.2, 0.25) is 0 Å². The summed E-state index contributed by atoms with van der Waals surface area (Å²) in [6.45, 7) is 1.09. The summed E-state index contributed by atoms with van der Waals surface area (Å²) < 4.78 is 23.5. The van der Waals surface area contributed by atoms with Gasteiger partial charge in [-0.05, 0) is 37.3 Å². The van der Waals surface area contributed by atoms with Gasteiger partial charge in [-0.1, -0.05) is 6.07 Å². The molecule has 5 nitrogen and oxygen atoms in total. The van der Waals surface area contributed by atoms with Crippen molar-refractivity contribution in [2.75, 3.05) is 19.0 Å². The summed E-state index contributed by atoms with van der Waals surface area (Å²) in [4.78, 5) is 23.4. The molecule has 2 aromatic carbocycles. The molecule has 6 heteroatoms. The van der Waals surface area contributed by atoms with E-state index >= 15 is 0 Å². The van der Waals surface area contributed by atoms with E-state index in [1.807, 2.05) is 0 Å². The summed E-state index contributed by atoms with van der Waals surface area (Å²) in [5.41, 5.74) is 0.681. The maximum Gasteiger partial charge on any atom is 0.262 e. The third-order valence-corrected chi connectivity index (χ3v) is 3.04. The van der Waals surface area contributed by atoms with Crippen LogP contribution in [0.1, 0.15) is 17.3 Å². The van der Waals surface area contributed by atoms with E-state index in [-0.39, 0.29) is 18.1 Å². The van der Waals surface area contributed by atoms with Gasteiger partial charge in [0.05, 0.1) is 12.7 Å². The first-order valence-electron chi connectivity index (χ1n) is 6.87. The van der Waals surface area contributed by atoms with Crippen LogP contribution in [-0.4, -0.2) is 25.4 Å². The zero-order valence-electron chi connectivity index (χ0n) is 12.8. The Labute approximate surface area is 133 Å². The fourth-order valence-electron chi connectivity index (χ4n) is 1.95. The number of ether oxygens (including phenoxy) is 2. The number of nitrogens with one attached hydrogen (secondary N) is 1. The van der Waals surface area contributed by atoms with E-state index in [4.69, 9.17) is 9.47 Å². The lowest BCUT2D eigenvalue weighted by atomic mass is 10.1. The van der Waals surface area contributed by atoms with Crippen molar-refractivity contribution in [3.05, 3.63) is 53.8 Å². The summed E-state index contributed by atoms with van der Waals surface area (Å²) in [5.74, 6) is -0.335. The molecule has 2 aromatic rings. The van der Waals surface area contributed by atoms with Gasteiger partial charge < -0.3 is 14.8 Å². The third kappa shape index (κ3) is 4.54. The van der Waals surface area contributed by atoms with Gasteiger partial charge in [-0.25, -0.2) is 4.39 Å². The number of Topliss-reactive ketones (excluding diaryl/α,β-unsaturated/α-hetero) is 1. The lowest BCUT2D eigenvalue weighted by Crippen LogP contribution is -2.20. The summed E-state index contributed by atoms with van der Waals surface area (Å²) in [6.07, 6.45) is 0. The molecule has 0 aromatic heterocycles. The molecule has 0 unspecified atom stereocenters. The van der Waals surface area contributed by atoms with Gasteiger partial charge in [0.1, 0.15) is 17.3 Å². The molecule has 0 aliphatic carbocycles. The van der Waals surface area contributed by atoms with Crippen LogP contribution >= 0.6 is 0 Å². The van der Waals surface area contributed by atoms with Crippen LogP contribution in [0.4, 0.5) is 10.1 Å². The lowest BCUT2D eigenvalue weighted by Gasteiger charge is -2.11. The van der Waals surface area contributed by atoms with E-state index in [0.29, 0.717) is 17.0 Å². The largest absolute Gasteiger partial charge is 0.497 e. The average molecular weight is 317 g/mol. The second-order valence-corrected chi connectivity index (χ2v) is 4.77. The van der Waals surface area contributed by atoms with Crippen LogP contribution in [0.25, 0.3) is 0 Å². The molecule has 0 atom stereocenters. The zero-order valence-corrected chi connectivity index (χ0v) is 12.8. The third-order valence-electron chi connectivity index (χ3n) is 3.04. The highest BCUT2D eigenvalue weighted by Gasteiger charge is 2.12. The monoisotopic (exact) mass is 317 g/mol. The highest BCUT2D eigenvalue weighted by atomic mass is 19.1. The number of methoxy groups -OCH3 is 1. The van der Waals surface area contributed by atoms with E-state index < -0.39 is 11.7 Å². The quantitative estimate of drug-likeness (QED) is 0.832. The normalized spacial score (nSPS) is 10.0. The number of carbonyl (C=O) groups excluding carboxylic acids is 2. The molecule has 0 saturated heterocycles. The van der Waals surface area contributed by atoms with Crippen LogP contribution in [0.5, 0.6) is 11.5 Å². The Balaban J connectivity index is 2.05. The summed E-state index contributed by atoms with van der Waals surface area (Å²) >= 11 is 0. The molecule has 120 valence electrons. The predicted octanol–water partition coefficient (Wildman–Crippen LogP) is 3.05. The fourth-order valence-corrected chi connectivity index (χ4v) is 1.95. The van der Waals surface area contributed by atoms with Gasteiger partial charge in [-0.15, -0.1) is 0 Å². The molecular formula is C17H16FNO4. The van der Waals surface area contributed by atoms with Gasteiger partial charge in [0, 0.05) is 11.8 Å². The average Bonchev–Trinajstić information content (AvgIpc) is 2.52. The second-order valence-electron chi connectivity index (χ2n) is 4.77. The van der Waals surface area contributed by atoms with Crippen molar-refractivity contribution in [3.63, 3.8) is 0 Å². The number of rotatable bonds is 6. The Morgan fingerprint density at radius 2 is 1.96 bits per heavy atom. The minimum absolute atomic E-state index is 0.187. The van der Waals surface area contributed by atoms with E-state index in [2.05, 4.69) is 5.32 Å². The molecule has 1 amide bonds. The first-order chi connectivity index (χ1) is 11.0. The summed E-state index contributed by atoms with van der Waals surface area (Å²) in [5, 5.41) is 2.51. The van der Waals surface area contributed by atoms with Crippen LogP contribution in [-0.2, 0) is 4.79 Å². The second kappa shape index (κ2) is 7.40.